The quantitative estimate of drug-likeness (QED) is 0.761. The first-order valence-corrected chi connectivity index (χ1v) is 7.53. The van der Waals surface area contributed by atoms with Gasteiger partial charge < -0.3 is 9.84 Å². The van der Waals surface area contributed by atoms with Gasteiger partial charge in [-0.3, -0.25) is 9.88 Å². The van der Waals surface area contributed by atoms with Crippen molar-refractivity contribution in [3.63, 3.8) is 0 Å². The normalized spacial score (nSPS) is 10.5. The molecule has 1 aromatic carbocycles. The van der Waals surface area contributed by atoms with Crippen LogP contribution in [0.25, 0.3) is 16.7 Å². The summed E-state index contributed by atoms with van der Waals surface area (Å²) in [5, 5.41) is 21.8. The summed E-state index contributed by atoms with van der Waals surface area (Å²) in [5.41, 5.74) is 3.18. The van der Waals surface area contributed by atoms with Gasteiger partial charge in [-0.1, -0.05) is 6.07 Å². The maximum Gasteiger partial charge on any atom is 0.410 e. The summed E-state index contributed by atoms with van der Waals surface area (Å²) in [4.78, 5) is 15.7. The first-order chi connectivity index (χ1) is 12.0. The van der Waals surface area contributed by atoms with Gasteiger partial charge in [0.1, 0.15) is 28.8 Å². The van der Waals surface area contributed by atoms with Crippen molar-refractivity contribution in [2.45, 2.75) is 13.8 Å². The fourth-order valence-corrected chi connectivity index (χ4v) is 3.05. The summed E-state index contributed by atoms with van der Waals surface area (Å²) in [5.74, 6) is 0.835. The molecule has 0 saturated carbocycles. The smallest absolute Gasteiger partial charge is 0.410 e. The van der Waals surface area contributed by atoms with E-state index >= 15 is 0 Å². The Labute approximate surface area is 144 Å². The molecule has 3 aromatic rings. The van der Waals surface area contributed by atoms with E-state index in [1.807, 2.05) is 26.0 Å². The van der Waals surface area contributed by atoms with Crippen molar-refractivity contribution < 1.29 is 14.6 Å². The summed E-state index contributed by atoms with van der Waals surface area (Å²) in [6, 6.07) is 9.27. The maximum atomic E-state index is 11.3. The molecule has 3 rings (SSSR count). The number of hydrogen-bond donors (Lipinski definition) is 2. The average Bonchev–Trinajstić information content (AvgIpc) is 2.88. The number of nitrogens with one attached hydrogen (secondary N) is 1. The highest BCUT2D eigenvalue weighted by Gasteiger charge is 2.23. The second kappa shape index (κ2) is 6.17. The van der Waals surface area contributed by atoms with Crippen molar-refractivity contribution in [1.82, 2.24) is 9.55 Å². The van der Waals surface area contributed by atoms with Crippen LogP contribution in [0, 0.1) is 25.2 Å². The molecule has 0 bridgehead atoms. The Morgan fingerprint density at radius 1 is 1.36 bits per heavy atom. The van der Waals surface area contributed by atoms with Crippen LogP contribution < -0.4 is 10.1 Å². The SMILES string of the molecule is COc1ccc(C)c(-n2c(NC(=O)O)c(C#N)c3cccnc32)c1C. The molecular weight excluding hydrogens is 320 g/mol. The van der Waals surface area contributed by atoms with Crippen LogP contribution >= 0.6 is 0 Å². The molecule has 0 aliphatic rings. The van der Waals surface area contributed by atoms with Gasteiger partial charge in [-0.15, -0.1) is 0 Å². The Hall–Kier alpha value is -3.53. The van der Waals surface area contributed by atoms with Gasteiger partial charge in [-0.2, -0.15) is 5.26 Å². The summed E-state index contributed by atoms with van der Waals surface area (Å²) in [6.45, 7) is 3.79. The van der Waals surface area contributed by atoms with Crippen molar-refractivity contribution in [2.24, 2.45) is 0 Å². The molecule has 126 valence electrons. The van der Waals surface area contributed by atoms with Gasteiger partial charge in [-0.25, -0.2) is 9.78 Å². The number of methoxy groups -OCH3 is 1. The fraction of sp³-hybridized carbons (Fsp3) is 0.167. The van der Waals surface area contributed by atoms with E-state index in [4.69, 9.17) is 4.74 Å². The van der Waals surface area contributed by atoms with E-state index in [9.17, 15) is 15.2 Å². The van der Waals surface area contributed by atoms with E-state index in [2.05, 4.69) is 16.4 Å². The number of amides is 1. The van der Waals surface area contributed by atoms with Crippen LogP contribution in [0.1, 0.15) is 16.7 Å². The number of aromatic nitrogens is 2. The molecule has 25 heavy (non-hydrogen) atoms. The molecule has 0 aliphatic heterocycles. The topological polar surface area (TPSA) is 100 Å². The third-order valence-electron chi connectivity index (χ3n) is 4.09. The predicted molar refractivity (Wildman–Crippen MR) is 93.5 cm³/mol. The van der Waals surface area contributed by atoms with Crippen molar-refractivity contribution in [3.05, 3.63) is 47.2 Å². The second-order valence-electron chi connectivity index (χ2n) is 5.53. The number of nitrogens with zero attached hydrogens (tertiary/aromatic N) is 3. The highest BCUT2D eigenvalue weighted by Crippen LogP contribution is 2.36. The molecular formula is C18H16N4O3. The lowest BCUT2D eigenvalue weighted by molar-refractivity contribution is 0.209. The summed E-state index contributed by atoms with van der Waals surface area (Å²) >= 11 is 0. The van der Waals surface area contributed by atoms with Crippen molar-refractivity contribution in [1.29, 1.82) is 5.26 Å². The zero-order valence-electron chi connectivity index (χ0n) is 14.0. The molecule has 0 spiro atoms. The summed E-state index contributed by atoms with van der Waals surface area (Å²) in [7, 11) is 1.57. The van der Waals surface area contributed by atoms with Crippen LogP contribution in [0.15, 0.2) is 30.5 Å². The Morgan fingerprint density at radius 2 is 2.12 bits per heavy atom. The number of hydrogen-bond acceptors (Lipinski definition) is 4. The van der Waals surface area contributed by atoms with Gasteiger partial charge >= 0.3 is 6.09 Å². The Balaban J connectivity index is 2.49. The van der Waals surface area contributed by atoms with Gasteiger partial charge in [-0.05, 0) is 37.6 Å². The maximum absolute atomic E-state index is 11.3. The van der Waals surface area contributed by atoms with Crippen molar-refractivity contribution in [3.8, 4) is 17.5 Å². The van der Waals surface area contributed by atoms with Crippen LogP contribution in [0.2, 0.25) is 0 Å². The van der Waals surface area contributed by atoms with E-state index in [1.54, 1.807) is 30.0 Å². The molecule has 7 nitrogen and oxygen atoms in total. The molecule has 0 saturated heterocycles. The van der Waals surface area contributed by atoms with Crippen LogP contribution in [0.3, 0.4) is 0 Å². The van der Waals surface area contributed by atoms with E-state index < -0.39 is 6.09 Å². The number of nitriles is 1. The largest absolute Gasteiger partial charge is 0.496 e. The molecule has 0 atom stereocenters. The van der Waals surface area contributed by atoms with E-state index in [-0.39, 0.29) is 11.4 Å². The molecule has 2 N–H and O–H groups in total. The lowest BCUT2D eigenvalue weighted by atomic mass is 10.1. The molecule has 2 heterocycles. The van der Waals surface area contributed by atoms with Crippen LogP contribution in [-0.4, -0.2) is 27.9 Å². The van der Waals surface area contributed by atoms with Crippen LogP contribution in [0.5, 0.6) is 5.75 Å². The third kappa shape index (κ3) is 2.54. The number of aryl methyl sites for hydroxylation is 1. The lowest BCUT2D eigenvalue weighted by Gasteiger charge is -2.17. The number of ether oxygens (including phenoxy) is 1. The first kappa shape index (κ1) is 16.3. The zero-order chi connectivity index (χ0) is 18.1. The molecule has 0 fully saturated rings. The van der Waals surface area contributed by atoms with E-state index in [1.165, 1.54) is 0 Å². The molecule has 1 amide bonds. The number of pyridine rings is 1. The highest BCUT2D eigenvalue weighted by molar-refractivity contribution is 5.97. The number of anilines is 1. The van der Waals surface area contributed by atoms with Crippen molar-refractivity contribution >= 4 is 22.9 Å². The van der Waals surface area contributed by atoms with Crippen molar-refractivity contribution in [2.75, 3.05) is 12.4 Å². The zero-order valence-corrected chi connectivity index (χ0v) is 14.0. The summed E-state index contributed by atoms with van der Waals surface area (Å²) in [6.07, 6.45) is 0.355. The van der Waals surface area contributed by atoms with Gasteiger partial charge in [0.25, 0.3) is 0 Å². The van der Waals surface area contributed by atoms with Gasteiger partial charge in [0.15, 0.2) is 0 Å². The van der Waals surface area contributed by atoms with Gasteiger partial charge in [0.2, 0.25) is 0 Å². The number of benzene rings is 1. The minimum atomic E-state index is -1.25. The molecule has 7 heteroatoms. The first-order valence-electron chi connectivity index (χ1n) is 7.53. The Bertz CT molecular complexity index is 1030. The fourth-order valence-electron chi connectivity index (χ4n) is 3.05. The second-order valence-corrected chi connectivity index (χ2v) is 5.53. The molecule has 0 radical (unpaired) electrons. The standard InChI is InChI=1S/C18H16N4O3/c1-10-6-7-14(25-3)11(2)15(10)22-16-12(5-4-8-20-16)13(9-19)17(22)21-18(23)24/h4-8,21H,1-3H3,(H,23,24). The van der Waals surface area contributed by atoms with E-state index in [0.717, 1.165) is 16.8 Å². The number of carbonyl (C=O) groups is 1. The van der Waals surface area contributed by atoms with Gasteiger partial charge in [0.05, 0.1) is 12.8 Å². The number of rotatable bonds is 3. The minimum absolute atomic E-state index is 0.170. The molecule has 0 aliphatic carbocycles. The number of carboxylic acid groups (broad SMARTS) is 1. The minimum Gasteiger partial charge on any atom is -0.496 e. The Morgan fingerprint density at radius 3 is 2.76 bits per heavy atom. The molecule has 0 unspecified atom stereocenters. The van der Waals surface area contributed by atoms with Crippen LogP contribution in [0.4, 0.5) is 10.6 Å². The van der Waals surface area contributed by atoms with Gasteiger partial charge in [0, 0.05) is 17.1 Å². The lowest BCUT2D eigenvalue weighted by Crippen LogP contribution is -2.14. The molecule has 2 aromatic heterocycles. The summed E-state index contributed by atoms with van der Waals surface area (Å²) < 4.78 is 7.05. The average molecular weight is 336 g/mol. The predicted octanol–water partition coefficient (Wildman–Crippen LogP) is 3.61. The Kier molecular flexibility index (Phi) is 4.03. The monoisotopic (exact) mass is 336 g/mol. The third-order valence-corrected chi connectivity index (χ3v) is 4.09. The van der Waals surface area contributed by atoms with Crippen LogP contribution in [-0.2, 0) is 0 Å². The highest BCUT2D eigenvalue weighted by atomic mass is 16.5. The number of fused-ring (bicyclic) bond motifs is 1. The van der Waals surface area contributed by atoms with E-state index in [0.29, 0.717) is 16.8 Å².